The lowest BCUT2D eigenvalue weighted by Gasteiger charge is -2.06. The molecule has 0 amide bonds. The zero-order valence-corrected chi connectivity index (χ0v) is 9.73. The number of aliphatic imine (C=N–C) groups is 1. The Morgan fingerprint density at radius 1 is 1.19 bits per heavy atom. The molecule has 2 heteroatoms. The third kappa shape index (κ3) is 3.09. The normalized spacial score (nSPS) is 17.9. The molecule has 1 aliphatic rings. The second kappa shape index (κ2) is 5.69. The van der Waals surface area contributed by atoms with Crippen molar-refractivity contribution in [2.45, 2.75) is 32.1 Å². The van der Waals surface area contributed by atoms with Crippen LogP contribution in [0.3, 0.4) is 0 Å². The van der Waals surface area contributed by atoms with Crippen molar-refractivity contribution in [1.82, 2.24) is 0 Å². The van der Waals surface area contributed by atoms with E-state index in [0.29, 0.717) is 5.84 Å². The topological polar surface area (TPSA) is 38.4 Å². The van der Waals surface area contributed by atoms with Crippen molar-refractivity contribution in [1.29, 1.82) is 0 Å². The summed E-state index contributed by atoms with van der Waals surface area (Å²) in [4.78, 5) is 4.45. The van der Waals surface area contributed by atoms with Crippen LogP contribution in [0.1, 0.15) is 37.7 Å². The van der Waals surface area contributed by atoms with Gasteiger partial charge in [-0.15, -0.1) is 0 Å². The highest BCUT2D eigenvalue weighted by Crippen LogP contribution is 2.27. The summed E-state index contributed by atoms with van der Waals surface area (Å²) < 4.78 is 0. The number of hydrogen-bond acceptors (Lipinski definition) is 1. The summed E-state index contributed by atoms with van der Waals surface area (Å²) in [6.07, 6.45) is 6.79. The monoisotopic (exact) mass is 216 g/mol. The molecule has 0 spiro atoms. The molecule has 1 saturated carbocycles. The van der Waals surface area contributed by atoms with Gasteiger partial charge in [0, 0.05) is 12.1 Å². The van der Waals surface area contributed by atoms with E-state index in [2.05, 4.69) is 4.99 Å². The van der Waals surface area contributed by atoms with Gasteiger partial charge in [0.15, 0.2) is 0 Å². The molecule has 86 valence electrons. The third-order valence-corrected chi connectivity index (χ3v) is 3.36. The second-order valence-electron chi connectivity index (χ2n) is 4.57. The van der Waals surface area contributed by atoms with Crippen LogP contribution in [-0.4, -0.2) is 12.4 Å². The van der Waals surface area contributed by atoms with Crippen molar-refractivity contribution < 1.29 is 0 Å². The summed E-state index contributed by atoms with van der Waals surface area (Å²) in [7, 11) is 0. The van der Waals surface area contributed by atoms with Crippen LogP contribution in [0.15, 0.2) is 35.3 Å². The van der Waals surface area contributed by atoms with Crippen molar-refractivity contribution in [3.8, 4) is 0 Å². The highest BCUT2D eigenvalue weighted by Gasteiger charge is 2.13. The Hall–Kier alpha value is -1.31. The second-order valence-corrected chi connectivity index (χ2v) is 4.57. The molecule has 2 N–H and O–H groups in total. The zero-order valence-electron chi connectivity index (χ0n) is 9.73. The molecule has 0 aliphatic heterocycles. The Morgan fingerprint density at radius 3 is 2.56 bits per heavy atom. The van der Waals surface area contributed by atoms with Crippen LogP contribution >= 0.6 is 0 Å². The molecular weight excluding hydrogens is 196 g/mol. The maximum atomic E-state index is 5.93. The van der Waals surface area contributed by atoms with E-state index < -0.39 is 0 Å². The van der Waals surface area contributed by atoms with Gasteiger partial charge in [0.1, 0.15) is 5.84 Å². The molecule has 0 aromatic heterocycles. The summed E-state index contributed by atoms with van der Waals surface area (Å²) >= 11 is 0. The van der Waals surface area contributed by atoms with Gasteiger partial charge < -0.3 is 5.73 Å². The number of nitrogens with two attached hydrogens (primary N) is 1. The Bertz CT molecular complexity index is 337. The van der Waals surface area contributed by atoms with Crippen LogP contribution in [0, 0.1) is 5.92 Å². The van der Waals surface area contributed by atoms with E-state index in [0.717, 1.165) is 18.0 Å². The maximum Gasteiger partial charge on any atom is 0.125 e. The molecular formula is C14H20N2. The summed E-state index contributed by atoms with van der Waals surface area (Å²) in [5, 5.41) is 0. The lowest BCUT2D eigenvalue weighted by Crippen LogP contribution is -2.14. The van der Waals surface area contributed by atoms with Crippen molar-refractivity contribution in [2.24, 2.45) is 16.6 Å². The molecule has 0 saturated heterocycles. The van der Waals surface area contributed by atoms with E-state index in [9.17, 15) is 0 Å². The van der Waals surface area contributed by atoms with Crippen LogP contribution in [0.2, 0.25) is 0 Å². The average Bonchev–Trinajstić information content (AvgIpc) is 2.83. The highest BCUT2D eigenvalue weighted by atomic mass is 14.8. The predicted molar refractivity (Wildman–Crippen MR) is 68.6 cm³/mol. The Morgan fingerprint density at radius 2 is 1.88 bits per heavy atom. The van der Waals surface area contributed by atoms with Gasteiger partial charge in [-0.05, 0) is 12.3 Å². The predicted octanol–water partition coefficient (Wildman–Crippen LogP) is 2.97. The lowest BCUT2D eigenvalue weighted by molar-refractivity contribution is 0.512. The fraction of sp³-hybridized carbons (Fsp3) is 0.500. The average molecular weight is 216 g/mol. The fourth-order valence-electron chi connectivity index (χ4n) is 2.37. The third-order valence-electron chi connectivity index (χ3n) is 3.36. The van der Waals surface area contributed by atoms with Gasteiger partial charge in [-0.25, -0.2) is 0 Å². The summed E-state index contributed by atoms with van der Waals surface area (Å²) in [5.41, 5.74) is 6.97. The first-order valence-corrected chi connectivity index (χ1v) is 6.21. The number of amidine groups is 1. The first-order valence-electron chi connectivity index (χ1n) is 6.21. The fourth-order valence-corrected chi connectivity index (χ4v) is 2.37. The SMILES string of the molecule is NC(=NCCC1CCCC1)c1ccccc1. The molecule has 0 bridgehead atoms. The van der Waals surface area contributed by atoms with Crippen LogP contribution in [0.5, 0.6) is 0 Å². The molecule has 0 unspecified atom stereocenters. The van der Waals surface area contributed by atoms with Gasteiger partial charge in [0.05, 0.1) is 0 Å². The molecule has 2 rings (SSSR count). The smallest absolute Gasteiger partial charge is 0.125 e. The van der Waals surface area contributed by atoms with Gasteiger partial charge in [0.2, 0.25) is 0 Å². The molecule has 0 atom stereocenters. The van der Waals surface area contributed by atoms with Crippen molar-refractivity contribution in [3.63, 3.8) is 0 Å². The minimum atomic E-state index is 0.679. The molecule has 1 aliphatic carbocycles. The number of hydrogen-bond donors (Lipinski definition) is 1. The van der Waals surface area contributed by atoms with E-state index in [4.69, 9.17) is 5.73 Å². The molecule has 1 fully saturated rings. The van der Waals surface area contributed by atoms with Gasteiger partial charge in [-0.2, -0.15) is 0 Å². The van der Waals surface area contributed by atoms with Gasteiger partial charge in [0.25, 0.3) is 0 Å². The van der Waals surface area contributed by atoms with Gasteiger partial charge >= 0.3 is 0 Å². The molecule has 1 aromatic carbocycles. The first-order chi connectivity index (χ1) is 7.86. The van der Waals surface area contributed by atoms with E-state index in [1.165, 1.54) is 32.1 Å². The molecule has 0 radical (unpaired) electrons. The highest BCUT2D eigenvalue weighted by molar-refractivity contribution is 5.97. The maximum absolute atomic E-state index is 5.93. The van der Waals surface area contributed by atoms with Crippen LogP contribution < -0.4 is 5.73 Å². The minimum Gasteiger partial charge on any atom is -0.384 e. The van der Waals surface area contributed by atoms with Crippen LogP contribution in [0.25, 0.3) is 0 Å². The van der Waals surface area contributed by atoms with Gasteiger partial charge in [-0.1, -0.05) is 56.0 Å². The van der Waals surface area contributed by atoms with Crippen LogP contribution in [0.4, 0.5) is 0 Å². The van der Waals surface area contributed by atoms with Crippen molar-refractivity contribution >= 4 is 5.84 Å². The number of benzene rings is 1. The Balaban J connectivity index is 1.82. The number of rotatable bonds is 4. The Labute approximate surface area is 97.6 Å². The lowest BCUT2D eigenvalue weighted by atomic mass is 10.0. The summed E-state index contributed by atoms with van der Waals surface area (Å²) in [6, 6.07) is 10.0. The molecule has 2 nitrogen and oxygen atoms in total. The molecule has 1 aromatic rings. The van der Waals surface area contributed by atoms with E-state index in [1.54, 1.807) is 0 Å². The summed E-state index contributed by atoms with van der Waals surface area (Å²) in [6.45, 7) is 0.880. The van der Waals surface area contributed by atoms with Crippen molar-refractivity contribution in [2.75, 3.05) is 6.54 Å². The zero-order chi connectivity index (χ0) is 11.2. The number of nitrogens with zero attached hydrogens (tertiary/aromatic N) is 1. The summed E-state index contributed by atoms with van der Waals surface area (Å²) in [5.74, 6) is 1.57. The molecule has 0 heterocycles. The largest absolute Gasteiger partial charge is 0.384 e. The first kappa shape index (κ1) is 11.2. The van der Waals surface area contributed by atoms with E-state index in [1.807, 2.05) is 30.3 Å². The van der Waals surface area contributed by atoms with E-state index >= 15 is 0 Å². The standard InChI is InChI=1S/C14H20N2/c15-14(13-8-2-1-3-9-13)16-11-10-12-6-4-5-7-12/h1-3,8-9,12H,4-7,10-11H2,(H2,15,16). The molecule has 16 heavy (non-hydrogen) atoms. The van der Waals surface area contributed by atoms with E-state index in [-0.39, 0.29) is 0 Å². The minimum absolute atomic E-state index is 0.679. The van der Waals surface area contributed by atoms with Crippen molar-refractivity contribution in [3.05, 3.63) is 35.9 Å². The quantitative estimate of drug-likeness (QED) is 0.610. The van der Waals surface area contributed by atoms with Crippen LogP contribution in [-0.2, 0) is 0 Å². The van der Waals surface area contributed by atoms with Gasteiger partial charge in [-0.3, -0.25) is 4.99 Å². The Kier molecular flexibility index (Phi) is 3.97.